The molecule has 102 valence electrons. The zero-order valence-corrected chi connectivity index (χ0v) is 11.9. The van der Waals surface area contributed by atoms with E-state index in [1.807, 2.05) is 6.92 Å². The monoisotopic (exact) mass is 301 g/mol. The minimum atomic E-state index is -0.574. The molecule has 1 aromatic carbocycles. The summed E-state index contributed by atoms with van der Waals surface area (Å²) in [6.07, 6.45) is 0.779. The van der Waals surface area contributed by atoms with Gasteiger partial charge in [0.15, 0.2) is 4.34 Å². The molecule has 0 saturated carbocycles. The lowest BCUT2D eigenvalue weighted by Crippen LogP contribution is -2.15. The summed E-state index contributed by atoms with van der Waals surface area (Å²) in [7, 11) is 0. The molecule has 1 unspecified atom stereocenters. The molecule has 0 aliphatic carbocycles. The van der Waals surface area contributed by atoms with Gasteiger partial charge < -0.3 is 5.73 Å². The lowest BCUT2D eigenvalue weighted by molar-refractivity contribution is 0.573. The third-order valence-electron chi connectivity index (χ3n) is 2.51. The van der Waals surface area contributed by atoms with Crippen LogP contribution in [0.25, 0.3) is 0 Å². The van der Waals surface area contributed by atoms with Crippen LogP contribution in [-0.4, -0.2) is 15.1 Å². The van der Waals surface area contributed by atoms with E-state index in [2.05, 4.69) is 9.36 Å². The van der Waals surface area contributed by atoms with Crippen molar-refractivity contribution in [2.24, 2.45) is 5.73 Å². The van der Waals surface area contributed by atoms with Gasteiger partial charge in [-0.05, 0) is 29.7 Å². The third kappa shape index (κ3) is 3.71. The van der Waals surface area contributed by atoms with E-state index in [1.54, 1.807) is 0 Å². The second-order valence-corrected chi connectivity index (χ2v) is 5.93. The Morgan fingerprint density at radius 3 is 2.89 bits per heavy atom. The van der Waals surface area contributed by atoms with Crippen LogP contribution in [-0.2, 0) is 6.42 Å². The van der Waals surface area contributed by atoms with Gasteiger partial charge in [-0.2, -0.15) is 4.37 Å². The molecular formula is C12H13F2N3S2. The van der Waals surface area contributed by atoms with Gasteiger partial charge in [-0.1, -0.05) is 18.7 Å². The zero-order chi connectivity index (χ0) is 13.8. The molecule has 0 spiro atoms. The Kier molecular flexibility index (Phi) is 4.84. The first kappa shape index (κ1) is 14.4. The Balaban J connectivity index is 2.00. The van der Waals surface area contributed by atoms with Gasteiger partial charge in [0.1, 0.15) is 17.5 Å². The summed E-state index contributed by atoms with van der Waals surface area (Å²) in [5.74, 6) is 0.249. The number of nitrogens with zero attached hydrogens (tertiary/aromatic N) is 2. The van der Waals surface area contributed by atoms with Crippen LogP contribution in [0.4, 0.5) is 8.78 Å². The SMILES string of the molecule is CCc1nsc(SCC(N)c2cc(F)ccc2F)n1. The number of rotatable bonds is 5. The highest BCUT2D eigenvalue weighted by atomic mass is 32.2. The maximum absolute atomic E-state index is 13.5. The van der Waals surface area contributed by atoms with Crippen molar-refractivity contribution in [3.8, 4) is 0 Å². The average molecular weight is 301 g/mol. The van der Waals surface area contributed by atoms with Crippen LogP contribution in [0.5, 0.6) is 0 Å². The predicted octanol–water partition coefficient (Wildman–Crippen LogP) is 3.17. The molecule has 0 aliphatic rings. The maximum atomic E-state index is 13.5. The fourth-order valence-electron chi connectivity index (χ4n) is 1.49. The molecule has 1 aromatic heterocycles. The van der Waals surface area contributed by atoms with Crippen molar-refractivity contribution in [1.29, 1.82) is 0 Å². The van der Waals surface area contributed by atoms with Crippen LogP contribution >= 0.6 is 23.3 Å². The molecule has 1 atom stereocenters. The molecule has 19 heavy (non-hydrogen) atoms. The molecule has 0 aliphatic heterocycles. The quantitative estimate of drug-likeness (QED) is 0.862. The van der Waals surface area contributed by atoms with Gasteiger partial charge in [-0.25, -0.2) is 13.8 Å². The van der Waals surface area contributed by atoms with E-state index >= 15 is 0 Å². The highest BCUT2D eigenvalue weighted by Crippen LogP contribution is 2.26. The molecule has 2 aromatic rings. The van der Waals surface area contributed by atoms with E-state index in [4.69, 9.17) is 5.73 Å². The lowest BCUT2D eigenvalue weighted by Gasteiger charge is -2.11. The van der Waals surface area contributed by atoms with E-state index in [9.17, 15) is 8.78 Å². The molecule has 2 N–H and O–H groups in total. The predicted molar refractivity (Wildman–Crippen MR) is 73.3 cm³/mol. The van der Waals surface area contributed by atoms with E-state index in [0.29, 0.717) is 5.75 Å². The minimum absolute atomic E-state index is 0.188. The zero-order valence-electron chi connectivity index (χ0n) is 10.3. The maximum Gasteiger partial charge on any atom is 0.170 e. The lowest BCUT2D eigenvalue weighted by atomic mass is 10.1. The second-order valence-electron chi connectivity index (χ2n) is 3.91. The van der Waals surface area contributed by atoms with Crippen LogP contribution in [0.2, 0.25) is 0 Å². The van der Waals surface area contributed by atoms with Gasteiger partial charge in [0.25, 0.3) is 0 Å². The minimum Gasteiger partial charge on any atom is -0.323 e. The van der Waals surface area contributed by atoms with E-state index in [0.717, 1.165) is 34.8 Å². The van der Waals surface area contributed by atoms with Gasteiger partial charge in [0.05, 0.1) is 0 Å². The van der Waals surface area contributed by atoms with Crippen molar-refractivity contribution in [3.63, 3.8) is 0 Å². The normalized spacial score (nSPS) is 12.6. The third-order valence-corrected chi connectivity index (χ3v) is 4.50. The number of aromatic nitrogens is 2. The Morgan fingerprint density at radius 1 is 1.42 bits per heavy atom. The van der Waals surface area contributed by atoms with Crippen molar-refractivity contribution >= 4 is 23.3 Å². The van der Waals surface area contributed by atoms with Crippen LogP contribution in [0, 0.1) is 11.6 Å². The topological polar surface area (TPSA) is 51.8 Å². The van der Waals surface area contributed by atoms with E-state index in [-0.39, 0.29) is 5.56 Å². The average Bonchev–Trinajstić information content (AvgIpc) is 2.87. The van der Waals surface area contributed by atoms with Crippen LogP contribution < -0.4 is 5.73 Å². The molecule has 0 amide bonds. The largest absolute Gasteiger partial charge is 0.323 e. The molecule has 0 fully saturated rings. The Labute approximate surface area is 118 Å². The number of nitrogens with two attached hydrogens (primary N) is 1. The molecular weight excluding hydrogens is 288 g/mol. The van der Waals surface area contributed by atoms with Gasteiger partial charge in [-0.3, -0.25) is 0 Å². The van der Waals surface area contributed by atoms with E-state index in [1.165, 1.54) is 23.3 Å². The molecule has 1 heterocycles. The summed E-state index contributed by atoms with van der Waals surface area (Å²) < 4.78 is 31.5. The Hall–Kier alpha value is -1.05. The Morgan fingerprint density at radius 2 is 2.21 bits per heavy atom. The van der Waals surface area contributed by atoms with Crippen LogP contribution in [0.1, 0.15) is 24.4 Å². The molecule has 0 radical (unpaired) electrons. The number of benzene rings is 1. The van der Waals surface area contributed by atoms with Crippen LogP contribution in [0.15, 0.2) is 22.5 Å². The second kappa shape index (κ2) is 6.40. The fourth-order valence-corrected chi connectivity index (χ4v) is 3.19. The number of halogens is 2. The summed E-state index contributed by atoms with van der Waals surface area (Å²) in [6.45, 7) is 1.98. The van der Waals surface area contributed by atoms with Crippen molar-refractivity contribution in [3.05, 3.63) is 41.2 Å². The molecule has 2 rings (SSSR count). The highest BCUT2D eigenvalue weighted by molar-refractivity contribution is 8.00. The first-order valence-electron chi connectivity index (χ1n) is 5.76. The first-order chi connectivity index (χ1) is 9.10. The van der Waals surface area contributed by atoms with Gasteiger partial charge in [0.2, 0.25) is 0 Å². The molecule has 7 heteroatoms. The smallest absolute Gasteiger partial charge is 0.170 e. The summed E-state index contributed by atoms with van der Waals surface area (Å²) >= 11 is 2.70. The Bertz CT molecular complexity index is 560. The first-order valence-corrected chi connectivity index (χ1v) is 7.52. The number of thioether (sulfide) groups is 1. The summed E-state index contributed by atoms with van der Waals surface area (Å²) in [6, 6.07) is 2.74. The number of hydrogen-bond donors (Lipinski definition) is 1. The van der Waals surface area contributed by atoms with Crippen molar-refractivity contribution in [1.82, 2.24) is 9.36 Å². The van der Waals surface area contributed by atoms with Gasteiger partial charge in [0, 0.05) is 23.8 Å². The van der Waals surface area contributed by atoms with Crippen molar-refractivity contribution in [2.45, 2.75) is 23.7 Å². The van der Waals surface area contributed by atoms with Crippen LogP contribution in [0.3, 0.4) is 0 Å². The fraction of sp³-hybridized carbons (Fsp3) is 0.333. The van der Waals surface area contributed by atoms with Gasteiger partial charge in [-0.15, -0.1) is 0 Å². The molecule has 3 nitrogen and oxygen atoms in total. The van der Waals surface area contributed by atoms with Crippen molar-refractivity contribution in [2.75, 3.05) is 5.75 Å². The molecule has 0 saturated heterocycles. The standard InChI is InChI=1S/C12H13F2N3S2/c1-2-11-16-12(19-17-11)18-6-10(15)8-5-7(13)3-4-9(8)14/h3-5,10H,2,6,15H2,1H3. The number of hydrogen-bond acceptors (Lipinski definition) is 5. The summed E-state index contributed by atoms with van der Waals surface area (Å²) in [5, 5.41) is 0. The van der Waals surface area contributed by atoms with Gasteiger partial charge >= 0.3 is 0 Å². The summed E-state index contributed by atoms with van der Waals surface area (Å²) in [4.78, 5) is 4.28. The highest BCUT2D eigenvalue weighted by Gasteiger charge is 2.14. The number of aryl methyl sites for hydroxylation is 1. The molecule has 0 bridgehead atoms. The van der Waals surface area contributed by atoms with E-state index < -0.39 is 17.7 Å². The van der Waals surface area contributed by atoms with Crippen molar-refractivity contribution < 1.29 is 8.78 Å². The summed E-state index contributed by atoms with van der Waals surface area (Å²) in [5.41, 5.74) is 6.07.